The first-order valence-electron chi connectivity index (χ1n) is 7.08. The maximum Gasteiger partial charge on any atom is 0.124 e. The van der Waals surface area contributed by atoms with E-state index in [4.69, 9.17) is 0 Å². The first kappa shape index (κ1) is 15.5. The van der Waals surface area contributed by atoms with E-state index in [9.17, 15) is 5.11 Å². The van der Waals surface area contributed by atoms with Crippen LogP contribution in [0.1, 0.15) is 30.5 Å². The van der Waals surface area contributed by atoms with Gasteiger partial charge in [0.1, 0.15) is 5.75 Å². The average Bonchev–Trinajstić information content (AvgIpc) is 2.43. The summed E-state index contributed by atoms with van der Waals surface area (Å²) >= 11 is 3.61. The summed E-state index contributed by atoms with van der Waals surface area (Å²) in [5, 5.41) is 13.9. The molecule has 0 saturated carbocycles. The van der Waals surface area contributed by atoms with Gasteiger partial charge in [-0.25, -0.2) is 0 Å². The lowest BCUT2D eigenvalue weighted by atomic mass is 9.95. The van der Waals surface area contributed by atoms with Crippen molar-refractivity contribution in [3.63, 3.8) is 0 Å². The summed E-state index contributed by atoms with van der Waals surface area (Å²) in [5.41, 5.74) is 3.06. The second-order valence-electron chi connectivity index (χ2n) is 5.59. The molecule has 1 fully saturated rings. The van der Waals surface area contributed by atoms with Crippen LogP contribution in [-0.2, 0) is 0 Å². The van der Waals surface area contributed by atoms with Gasteiger partial charge in [0.2, 0.25) is 0 Å². The van der Waals surface area contributed by atoms with Crippen molar-refractivity contribution >= 4 is 15.9 Å². The summed E-state index contributed by atoms with van der Waals surface area (Å²) in [6, 6.07) is 4.15. The number of hydrogen-bond donors (Lipinski definition) is 2. The summed E-state index contributed by atoms with van der Waals surface area (Å²) in [5.74, 6) is 0.407. The third kappa shape index (κ3) is 3.43. The van der Waals surface area contributed by atoms with E-state index in [1.54, 1.807) is 0 Å². The van der Waals surface area contributed by atoms with Crippen LogP contribution in [0.2, 0.25) is 0 Å². The van der Waals surface area contributed by atoms with E-state index < -0.39 is 0 Å². The molecule has 1 aliphatic heterocycles. The molecule has 3 nitrogen and oxygen atoms in total. The van der Waals surface area contributed by atoms with E-state index in [1.807, 2.05) is 19.1 Å². The number of halogens is 1. The number of phenolic OH excluding ortho intramolecular Hbond substituents is 1. The zero-order valence-corrected chi connectivity index (χ0v) is 13.8. The maximum absolute atomic E-state index is 10.5. The molecule has 1 atom stereocenters. The molecule has 2 rings (SSSR count). The number of phenols is 1. The minimum atomic E-state index is 0.184. The Kier molecular flexibility index (Phi) is 5.24. The molecule has 20 heavy (non-hydrogen) atoms. The van der Waals surface area contributed by atoms with Crippen molar-refractivity contribution in [2.75, 3.05) is 26.2 Å². The molecule has 110 valence electrons. The van der Waals surface area contributed by atoms with Crippen LogP contribution in [0, 0.1) is 6.92 Å². The number of aromatic hydroxyl groups is 1. The second-order valence-corrected chi connectivity index (χ2v) is 6.44. The first-order chi connectivity index (χ1) is 9.50. The van der Waals surface area contributed by atoms with Crippen molar-refractivity contribution < 1.29 is 5.11 Å². The molecule has 0 bridgehead atoms. The van der Waals surface area contributed by atoms with E-state index in [0.29, 0.717) is 5.75 Å². The van der Waals surface area contributed by atoms with Gasteiger partial charge in [0.15, 0.2) is 0 Å². The number of piperazine rings is 1. The lowest BCUT2D eigenvalue weighted by Gasteiger charge is -2.36. The molecule has 0 aliphatic carbocycles. The number of nitrogens with one attached hydrogen (secondary N) is 1. The van der Waals surface area contributed by atoms with Crippen LogP contribution in [-0.4, -0.2) is 36.2 Å². The van der Waals surface area contributed by atoms with Gasteiger partial charge < -0.3 is 10.4 Å². The molecule has 4 heteroatoms. The zero-order chi connectivity index (χ0) is 14.7. The summed E-state index contributed by atoms with van der Waals surface area (Å²) in [6.07, 6.45) is 0.871. The molecule has 0 unspecified atom stereocenters. The molecule has 1 aromatic carbocycles. The van der Waals surface area contributed by atoms with E-state index in [2.05, 4.69) is 39.6 Å². The van der Waals surface area contributed by atoms with Crippen molar-refractivity contribution in [3.8, 4) is 5.75 Å². The Hall–Kier alpha value is -0.840. The molecule has 0 spiro atoms. The standard InChI is InChI=1S/C16H23BrN2O/c1-11(2)10-14(19-8-6-18-7-9-19)15-13(17)5-4-12(3)16(15)20/h4-5,14,18,20H,1,6-10H2,2-3H3/t14-/m0/s1. The van der Waals surface area contributed by atoms with Crippen LogP contribution >= 0.6 is 15.9 Å². The van der Waals surface area contributed by atoms with Crippen LogP contribution in [0.3, 0.4) is 0 Å². The number of aryl methyl sites for hydroxylation is 1. The smallest absolute Gasteiger partial charge is 0.124 e. The summed E-state index contributed by atoms with van der Waals surface area (Å²) in [4.78, 5) is 2.43. The molecule has 0 radical (unpaired) electrons. The van der Waals surface area contributed by atoms with Gasteiger partial charge in [0, 0.05) is 42.3 Å². The van der Waals surface area contributed by atoms with Crippen LogP contribution in [0.4, 0.5) is 0 Å². The molecule has 1 aliphatic rings. The van der Waals surface area contributed by atoms with Gasteiger partial charge in [0.05, 0.1) is 0 Å². The highest BCUT2D eigenvalue weighted by Gasteiger charge is 2.26. The lowest BCUT2D eigenvalue weighted by Crippen LogP contribution is -2.45. The van der Waals surface area contributed by atoms with Gasteiger partial charge in [-0.2, -0.15) is 0 Å². The molecule has 1 aromatic rings. The third-order valence-corrected chi connectivity index (χ3v) is 4.52. The topological polar surface area (TPSA) is 35.5 Å². The third-order valence-electron chi connectivity index (χ3n) is 3.83. The van der Waals surface area contributed by atoms with Crippen molar-refractivity contribution in [1.29, 1.82) is 0 Å². The summed E-state index contributed by atoms with van der Waals surface area (Å²) in [7, 11) is 0. The Balaban J connectivity index is 2.40. The monoisotopic (exact) mass is 338 g/mol. The van der Waals surface area contributed by atoms with Crippen LogP contribution in [0.25, 0.3) is 0 Å². The molecule has 0 amide bonds. The zero-order valence-electron chi connectivity index (χ0n) is 12.2. The number of nitrogens with zero attached hydrogens (tertiary/aromatic N) is 1. The van der Waals surface area contributed by atoms with Crippen LogP contribution < -0.4 is 5.32 Å². The minimum Gasteiger partial charge on any atom is -0.507 e. The molecule has 1 heterocycles. The number of benzene rings is 1. The Labute approximate surface area is 129 Å². The summed E-state index contributed by atoms with van der Waals surface area (Å²) < 4.78 is 0.977. The largest absolute Gasteiger partial charge is 0.507 e. The molecular formula is C16H23BrN2O. The Morgan fingerprint density at radius 3 is 2.70 bits per heavy atom. The van der Waals surface area contributed by atoms with E-state index in [0.717, 1.165) is 53.8 Å². The second kappa shape index (κ2) is 6.74. The number of rotatable bonds is 4. The Morgan fingerprint density at radius 2 is 2.10 bits per heavy atom. The van der Waals surface area contributed by atoms with Crippen molar-refractivity contribution in [2.24, 2.45) is 0 Å². The van der Waals surface area contributed by atoms with Crippen LogP contribution in [0.15, 0.2) is 28.8 Å². The maximum atomic E-state index is 10.5. The average molecular weight is 339 g/mol. The fourth-order valence-electron chi connectivity index (χ4n) is 2.75. The SMILES string of the molecule is C=C(C)C[C@@H](c1c(Br)ccc(C)c1O)N1CCNCC1. The molecule has 0 aromatic heterocycles. The van der Waals surface area contributed by atoms with E-state index in [-0.39, 0.29) is 6.04 Å². The van der Waals surface area contributed by atoms with E-state index >= 15 is 0 Å². The highest BCUT2D eigenvalue weighted by atomic mass is 79.9. The lowest BCUT2D eigenvalue weighted by molar-refractivity contribution is 0.169. The van der Waals surface area contributed by atoms with Crippen molar-refractivity contribution in [2.45, 2.75) is 26.3 Å². The van der Waals surface area contributed by atoms with Gasteiger partial charge in [-0.3, -0.25) is 4.90 Å². The minimum absolute atomic E-state index is 0.184. The highest BCUT2D eigenvalue weighted by molar-refractivity contribution is 9.10. The van der Waals surface area contributed by atoms with Gasteiger partial charge in [-0.1, -0.05) is 27.6 Å². The van der Waals surface area contributed by atoms with E-state index in [1.165, 1.54) is 0 Å². The molecular weight excluding hydrogens is 316 g/mol. The van der Waals surface area contributed by atoms with Crippen molar-refractivity contribution in [3.05, 3.63) is 39.9 Å². The quantitative estimate of drug-likeness (QED) is 0.826. The fraction of sp³-hybridized carbons (Fsp3) is 0.500. The predicted molar refractivity (Wildman–Crippen MR) is 87.2 cm³/mol. The van der Waals surface area contributed by atoms with Gasteiger partial charge in [-0.15, -0.1) is 6.58 Å². The van der Waals surface area contributed by atoms with Crippen molar-refractivity contribution in [1.82, 2.24) is 10.2 Å². The molecule has 2 N–H and O–H groups in total. The van der Waals surface area contributed by atoms with Gasteiger partial charge >= 0.3 is 0 Å². The Morgan fingerprint density at radius 1 is 1.45 bits per heavy atom. The first-order valence-corrected chi connectivity index (χ1v) is 7.87. The Bertz CT molecular complexity index is 495. The predicted octanol–water partition coefficient (Wildman–Crippen LogP) is 3.38. The number of hydrogen-bond acceptors (Lipinski definition) is 3. The normalized spacial score (nSPS) is 17.9. The van der Waals surface area contributed by atoms with Crippen LogP contribution in [0.5, 0.6) is 5.75 Å². The van der Waals surface area contributed by atoms with Gasteiger partial charge in [0.25, 0.3) is 0 Å². The highest BCUT2D eigenvalue weighted by Crippen LogP contribution is 2.40. The summed E-state index contributed by atoms with van der Waals surface area (Å²) in [6.45, 7) is 12.0. The van der Waals surface area contributed by atoms with Gasteiger partial charge in [-0.05, 0) is 31.9 Å². The fourth-order valence-corrected chi connectivity index (χ4v) is 3.33. The molecule has 1 saturated heterocycles.